The van der Waals surface area contributed by atoms with Gasteiger partial charge in [0, 0.05) is 18.9 Å². The molecule has 1 heterocycles. The van der Waals surface area contributed by atoms with Crippen molar-refractivity contribution in [1.29, 1.82) is 0 Å². The first-order valence-corrected chi connectivity index (χ1v) is 4.77. The van der Waals surface area contributed by atoms with Gasteiger partial charge in [-0.1, -0.05) is 12.1 Å². The Morgan fingerprint density at radius 2 is 2.00 bits per heavy atom. The smallest absolute Gasteiger partial charge is 0.335 e. The first-order chi connectivity index (χ1) is 7.16. The fourth-order valence-corrected chi connectivity index (χ4v) is 1.74. The molecule has 1 aromatic rings. The zero-order chi connectivity index (χ0) is 10.8. The monoisotopic (exact) mass is 205 g/mol. The van der Waals surface area contributed by atoms with Gasteiger partial charge < -0.3 is 10.4 Å². The largest absolute Gasteiger partial charge is 0.478 e. The second-order valence-electron chi connectivity index (χ2n) is 3.63. The number of hydrogen-bond acceptors (Lipinski definition) is 2. The van der Waals surface area contributed by atoms with E-state index in [1.807, 2.05) is 0 Å². The Balaban J connectivity index is 2.17. The minimum absolute atomic E-state index is 0.0577. The summed E-state index contributed by atoms with van der Waals surface area (Å²) < 4.78 is 0. The molecular formula is C11H11NO3. The van der Waals surface area contributed by atoms with Gasteiger partial charge in [0.1, 0.15) is 0 Å². The molecule has 4 nitrogen and oxygen atoms in total. The van der Waals surface area contributed by atoms with Crippen molar-refractivity contribution in [1.82, 2.24) is 5.32 Å². The van der Waals surface area contributed by atoms with Gasteiger partial charge in [0.25, 0.3) is 0 Å². The van der Waals surface area contributed by atoms with Crippen molar-refractivity contribution in [2.24, 2.45) is 0 Å². The second kappa shape index (κ2) is 3.73. The highest BCUT2D eigenvalue weighted by atomic mass is 16.4. The third-order valence-corrected chi connectivity index (χ3v) is 2.61. The summed E-state index contributed by atoms with van der Waals surface area (Å²) in [5.41, 5.74) is 1.29. The van der Waals surface area contributed by atoms with Gasteiger partial charge in [-0.05, 0) is 17.7 Å². The van der Waals surface area contributed by atoms with Gasteiger partial charge >= 0.3 is 5.97 Å². The molecular weight excluding hydrogens is 194 g/mol. The average molecular weight is 205 g/mol. The van der Waals surface area contributed by atoms with Crippen LogP contribution in [-0.2, 0) is 4.79 Å². The molecule has 0 aromatic heterocycles. The number of aromatic carboxylic acids is 1. The molecule has 2 rings (SSSR count). The lowest BCUT2D eigenvalue weighted by Gasteiger charge is -2.07. The van der Waals surface area contributed by atoms with E-state index in [1.165, 1.54) is 0 Å². The quantitative estimate of drug-likeness (QED) is 0.756. The molecule has 0 spiro atoms. The minimum atomic E-state index is -0.929. The number of rotatable bonds is 2. The number of nitrogens with one attached hydrogen (secondary N) is 1. The van der Waals surface area contributed by atoms with Crippen molar-refractivity contribution in [3.8, 4) is 0 Å². The molecule has 0 unspecified atom stereocenters. The van der Waals surface area contributed by atoms with Crippen LogP contribution in [0.2, 0.25) is 0 Å². The van der Waals surface area contributed by atoms with Crippen LogP contribution in [0.1, 0.15) is 28.3 Å². The highest BCUT2D eigenvalue weighted by Gasteiger charge is 2.22. The van der Waals surface area contributed by atoms with Gasteiger partial charge in [-0.2, -0.15) is 0 Å². The third kappa shape index (κ3) is 1.98. The standard InChI is InChI=1S/C11H11NO3/c13-10-5-9(6-12-10)7-1-3-8(4-2-7)11(14)15/h1-4,9H,5-6H2,(H,12,13)(H,14,15)/t9-/m1/s1. The summed E-state index contributed by atoms with van der Waals surface area (Å²) in [7, 11) is 0. The highest BCUT2D eigenvalue weighted by molar-refractivity contribution is 5.87. The molecule has 0 saturated carbocycles. The van der Waals surface area contributed by atoms with Gasteiger partial charge in [-0.25, -0.2) is 4.79 Å². The van der Waals surface area contributed by atoms with Crippen LogP contribution in [0, 0.1) is 0 Å². The van der Waals surface area contributed by atoms with E-state index >= 15 is 0 Å². The third-order valence-electron chi connectivity index (χ3n) is 2.61. The highest BCUT2D eigenvalue weighted by Crippen LogP contribution is 2.23. The van der Waals surface area contributed by atoms with Crippen molar-refractivity contribution < 1.29 is 14.7 Å². The van der Waals surface area contributed by atoms with Crippen LogP contribution in [0.25, 0.3) is 0 Å². The molecule has 1 fully saturated rings. The molecule has 0 bridgehead atoms. The Labute approximate surface area is 86.9 Å². The van der Waals surface area contributed by atoms with Gasteiger partial charge in [0.2, 0.25) is 5.91 Å². The van der Waals surface area contributed by atoms with Crippen LogP contribution >= 0.6 is 0 Å². The predicted octanol–water partition coefficient (Wildman–Crippen LogP) is 0.988. The van der Waals surface area contributed by atoms with Gasteiger partial charge in [-0.3, -0.25) is 4.79 Å². The zero-order valence-electron chi connectivity index (χ0n) is 8.06. The topological polar surface area (TPSA) is 66.4 Å². The van der Waals surface area contributed by atoms with Crippen LogP contribution in [0.5, 0.6) is 0 Å². The fourth-order valence-electron chi connectivity index (χ4n) is 1.74. The summed E-state index contributed by atoms with van der Waals surface area (Å²) in [6, 6.07) is 6.68. The maximum absolute atomic E-state index is 11.0. The number of carbonyl (C=O) groups excluding carboxylic acids is 1. The van der Waals surface area contributed by atoms with Crippen molar-refractivity contribution in [2.45, 2.75) is 12.3 Å². The van der Waals surface area contributed by atoms with Crippen LogP contribution in [0.15, 0.2) is 24.3 Å². The van der Waals surface area contributed by atoms with Crippen LogP contribution < -0.4 is 5.32 Å². The van der Waals surface area contributed by atoms with E-state index in [-0.39, 0.29) is 17.4 Å². The van der Waals surface area contributed by atoms with Crippen molar-refractivity contribution in [2.75, 3.05) is 6.54 Å². The van der Waals surface area contributed by atoms with E-state index in [1.54, 1.807) is 24.3 Å². The second-order valence-corrected chi connectivity index (χ2v) is 3.63. The van der Waals surface area contributed by atoms with E-state index in [0.717, 1.165) is 5.56 Å². The first-order valence-electron chi connectivity index (χ1n) is 4.77. The summed E-state index contributed by atoms with van der Waals surface area (Å²) in [6.45, 7) is 0.644. The predicted molar refractivity (Wildman–Crippen MR) is 53.8 cm³/mol. The molecule has 0 radical (unpaired) electrons. The number of hydrogen-bond donors (Lipinski definition) is 2. The Bertz CT molecular complexity index is 397. The van der Waals surface area contributed by atoms with E-state index in [9.17, 15) is 9.59 Å². The molecule has 1 aliphatic heterocycles. The number of carbonyl (C=O) groups is 2. The maximum atomic E-state index is 11.0. The molecule has 1 aromatic carbocycles. The van der Waals surface area contributed by atoms with Crippen molar-refractivity contribution >= 4 is 11.9 Å². The lowest BCUT2D eigenvalue weighted by Crippen LogP contribution is -2.13. The summed E-state index contributed by atoms with van der Waals surface area (Å²) in [5.74, 6) is -0.690. The van der Waals surface area contributed by atoms with Crippen molar-refractivity contribution in [3.63, 3.8) is 0 Å². The molecule has 0 aliphatic carbocycles. The minimum Gasteiger partial charge on any atom is -0.478 e. The van der Waals surface area contributed by atoms with Crippen molar-refractivity contribution in [3.05, 3.63) is 35.4 Å². The molecule has 1 aliphatic rings. The Morgan fingerprint density at radius 3 is 2.47 bits per heavy atom. The van der Waals surface area contributed by atoms with Gasteiger partial charge in [0.15, 0.2) is 0 Å². The fraction of sp³-hybridized carbons (Fsp3) is 0.273. The van der Waals surface area contributed by atoms with E-state index in [0.29, 0.717) is 13.0 Å². The Kier molecular flexibility index (Phi) is 2.41. The van der Waals surface area contributed by atoms with E-state index in [2.05, 4.69) is 5.32 Å². The molecule has 15 heavy (non-hydrogen) atoms. The molecule has 1 atom stereocenters. The number of carboxylic acids is 1. The summed E-state index contributed by atoms with van der Waals surface area (Å²) >= 11 is 0. The van der Waals surface area contributed by atoms with Crippen LogP contribution in [0.3, 0.4) is 0 Å². The van der Waals surface area contributed by atoms with Crippen LogP contribution in [-0.4, -0.2) is 23.5 Å². The number of carboxylic acid groups (broad SMARTS) is 1. The summed E-state index contributed by atoms with van der Waals surface area (Å²) in [6.07, 6.45) is 0.492. The van der Waals surface area contributed by atoms with Gasteiger partial charge in [-0.15, -0.1) is 0 Å². The lowest BCUT2D eigenvalue weighted by atomic mass is 9.97. The molecule has 1 amide bonds. The van der Waals surface area contributed by atoms with Crippen LogP contribution in [0.4, 0.5) is 0 Å². The lowest BCUT2D eigenvalue weighted by molar-refractivity contribution is -0.119. The molecule has 2 N–H and O–H groups in total. The van der Waals surface area contributed by atoms with E-state index in [4.69, 9.17) is 5.11 Å². The summed E-state index contributed by atoms with van der Waals surface area (Å²) in [5, 5.41) is 11.5. The first kappa shape index (κ1) is 9.71. The zero-order valence-corrected chi connectivity index (χ0v) is 8.06. The molecule has 1 saturated heterocycles. The molecule has 4 heteroatoms. The number of amides is 1. The Hall–Kier alpha value is -1.84. The number of benzene rings is 1. The molecule has 78 valence electrons. The Morgan fingerprint density at radius 1 is 1.33 bits per heavy atom. The summed E-state index contributed by atoms with van der Waals surface area (Å²) in [4.78, 5) is 21.6. The normalized spacial score (nSPS) is 20.0. The van der Waals surface area contributed by atoms with Gasteiger partial charge in [0.05, 0.1) is 5.56 Å². The maximum Gasteiger partial charge on any atom is 0.335 e. The SMILES string of the molecule is O=C1C[C@@H](c2ccc(C(=O)O)cc2)CN1. The van der Waals surface area contributed by atoms with E-state index < -0.39 is 5.97 Å². The average Bonchev–Trinajstić information content (AvgIpc) is 2.65.